The fourth-order valence-corrected chi connectivity index (χ4v) is 0.436. The van der Waals surface area contributed by atoms with Gasteiger partial charge in [0.15, 0.2) is 0 Å². The van der Waals surface area contributed by atoms with Gasteiger partial charge in [0.1, 0.15) is 0 Å². The summed E-state index contributed by atoms with van der Waals surface area (Å²) in [6.07, 6.45) is 12.3. The molecule has 0 aromatic rings. The molecule has 0 fully saturated rings. The van der Waals surface area contributed by atoms with E-state index in [0.717, 1.165) is 12.8 Å². The topological polar surface area (TPSA) is 0 Å². The quantitative estimate of drug-likeness (QED) is 0.384. The van der Waals surface area contributed by atoms with Gasteiger partial charge in [-0.3, -0.25) is 0 Å². The van der Waals surface area contributed by atoms with Crippen molar-refractivity contribution in [2.45, 2.75) is 26.2 Å². The second-order valence-corrected chi connectivity index (χ2v) is 1.67. The summed E-state index contributed by atoms with van der Waals surface area (Å²) in [6.45, 7) is 2.15. The van der Waals surface area contributed by atoms with Crippen molar-refractivity contribution in [3.63, 3.8) is 0 Å². The van der Waals surface area contributed by atoms with Gasteiger partial charge >= 0.3 is 0 Å². The zero-order valence-corrected chi connectivity index (χ0v) is 5.35. The second-order valence-electron chi connectivity index (χ2n) is 1.67. The summed E-state index contributed by atoms with van der Waals surface area (Å²) in [5.41, 5.74) is 0. The molecule has 0 spiro atoms. The van der Waals surface area contributed by atoms with Crippen LogP contribution < -0.4 is 0 Å². The normalized spacial score (nSPS) is 9.50. The van der Waals surface area contributed by atoms with Crippen LogP contribution in [0.1, 0.15) is 26.2 Å². The maximum Gasteiger partial charge on any atom is 0.0267 e. The van der Waals surface area contributed by atoms with Crippen LogP contribution in [0.3, 0.4) is 0 Å². The lowest BCUT2D eigenvalue weighted by Gasteiger charge is -1.79. The summed E-state index contributed by atoms with van der Waals surface area (Å²) in [4.78, 5) is 0. The number of terminal acetylenes is 1. The molecule has 0 radical (unpaired) electrons. The summed E-state index contributed by atoms with van der Waals surface area (Å²) < 4.78 is 0. The number of hydrogen-bond donors (Lipinski definition) is 0. The highest BCUT2D eigenvalue weighted by molar-refractivity contribution is 4.95. The predicted molar refractivity (Wildman–Crippen MR) is 37.5 cm³/mol. The van der Waals surface area contributed by atoms with Crippen molar-refractivity contribution in [2.75, 3.05) is 0 Å². The first-order valence-electron chi connectivity index (χ1n) is 3.00. The molecule has 0 rings (SSSR count). The summed E-state index contributed by atoms with van der Waals surface area (Å²) in [7, 11) is 0. The molecule has 0 aliphatic carbocycles. The van der Waals surface area contributed by atoms with Crippen LogP contribution in [0.25, 0.3) is 0 Å². The Bertz CT molecular complexity index is 93.1. The third kappa shape index (κ3) is 5.30. The summed E-state index contributed by atoms with van der Waals surface area (Å²) in [5.74, 6) is 2.54. The Labute approximate surface area is 51.6 Å². The lowest BCUT2D eigenvalue weighted by atomic mass is 10.3. The van der Waals surface area contributed by atoms with Gasteiger partial charge in [-0.1, -0.05) is 25.5 Å². The van der Waals surface area contributed by atoms with E-state index in [1.165, 1.54) is 6.42 Å². The molecule has 0 saturated heterocycles. The van der Waals surface area contributed by atoms with Crippen molar-refractivity contribution < 1.29 is 0 Å². The van der Waals surface area contributed by atoms with E-state index >= 15 is 0 Å². The second kappa shape index (κ2) is 6.30. The van der Waals surface area contributed by atoms with E-state index in [-0.39, 0.29) is 0 Å². The fraction of sp³-hybridized carbons (Fsp3) is 0.500. The largest absolute Gasteiger partial charge is 0.120 e. The molecule has 8 heavy (non-hydrogen) atoms. The molecule has 44 valence electrons. The third-order valence-electron chi connectivity index (χ3n) is 0.858. The van der Waals surface area contributed by atoms with Gasteiger partial charge in [0, 0.05) is 6.42 Å². The Kier molecular flexibility index (Phi) is 5.75. The minimum atomic E-state index is 0.778. The Morgan fingerprint density at radius 1 is 1.50 bits per heavy atom. The van der Waals surface area contributed by atoms with Gasteiger partial charge in [0.2, 0.25) is 0 Å². The van der Waals surface area contributed by atoms with Gasteiger partial charge in [-0.2, -0.15) is 0 Å². The number of allylic oxidation sites excluding steroid dienone is 2. The molecule has 0 aliphatic rings. The van der Waals surface area contributed by atoms with E-state index in [2.05, 4.69) is 18.9 Å². The van der Waals surface area contributed by atoms with Crippen LogP contribution in [0.5, 0.6) is 0 Å². The first-order chi connectivity index (χ1) is 3.91. The number of hydrogen-bond acceptors (Lipinski definition) is 0. The smallest absolute Gasteiger partial charge is 0.0267 e. The van der Waals surface area contributed by atoms with Crippen molar-refractivity contribution >= 4 is 0 Å². The molecule has 0 heterocycles. The Balaban J connectivity index is 2.98. The Morgan fingerprint density at radius 2 is 2.25 bits per heavy atom. The average molecular weight is 108 g/mol. The standard InChI is InChI=1S/C8H12/c1-3-5-7-8-6-4-2/h1,7-8H,4-6H2,2H3/b8-7-. The number of unbranched alkanes of at least 4 members (excludes halogenated alkanes) is 1. The van der Waals surface area contributed by atoms with Gasteiger partial charge in [0.05, 0.1) is 0 Å². The molecular formula is C8H12. The van der Waals surface area contributed by atoms with Gasteiger partial charge in [-0.05, 0) is 6.42 Å². The monoisotopic (exact) mass is 108 g/mol. The van der Waals surface area contributed by atoms with Crippen LogP contribution in [0.4, 0.5) is 0 Å². The van der Waals surface area contributed by atoms with E-state index in [1.54, 1.807) is 0 Å². The highest BCUT2D eigenvalue weighted by Gasteiger charge is 1.69. The van der Waals surface area contributed by atoms with Crippen molar-refractivity contribution in [2.24, 2.45) is 0 Å². The van der Waals surface area contributed by atoms with Crippen LogP contribution in [0.2, 0.25) is 0 Å². The lowest BCUT2D eigenvalue weighted by molar-refractivity contribution is 0.955. The van der Waals surface area contributed by atoms with E-state index < -0.39 is 0 Å². The highest BCUT2D eigenvalue weighted by atomic mass is 13.8. The molecule has 0 atom stereocenters. The molecule has 0 heteroatoms. The maximum atomic E-state index is 5.01. The van der Waals surface area contributed by atoms with Crippen molar-refractivity contribution in [3.05, 3.63) is 12.2 Å². The van der Waals surface area contributed by atoms with E-state index in [4.69, 9.17) is 6.42 Å². The molecule has 0 unspecified atom stereocenters. The van der Waals surface area contributed by atoms with Crippen molar-refractivity contribution in [1.82, 2.24) is 0 Å². The van der Waals surface area contributed by atoms with Gasteiger partial charge in [-0.15, -0.1) is 12.3 Å². The van der Waals surface area contributed by atoms with Gasteiger partial charge < -0.3 is 0 Å². The predicted octanol–water partition coefficient (Wildman–Crippen LogP) is 2.37. The van der Waals surface area contributed by atoms with E-state index in [0.29, 0.717) is 0 Å². The van der Waals surface area contributed by atoms with Crippen LogP contribution in [0.15, 0.2) is 12.2 Å². The molecule has 0 aromatic heterocycles. The minimum absolute atomic E-state index is 0.778. The first-order valence-corrected chi connectivity index (χ1v) is 3.00. The van der Waals surface area contributed by atoms with Crippen LogP contribution in [-0.4, -0.2) is 0 Å². The molecular weight excluding hydrogens is 96.1 g/mol. The van der Waals surface area contributed by atoms with E-state index in [9.17, 15) is 0 Å². The van der Waals surface area contributed by atoms with Crippen LogP contribution >= 0.6 is 0 Å². The number of rotatable bonds is 3. The van der Waals surface area contributed by atoms with Crippen molar-refractivity contribution in [3.8, 4) is 12.3 Å². The van der Waals surface area contributed by atoms with Gasteiger partial charge in [-0.25, -0.2) is 0 Å². The van der Waals surface area contributed by atoms with Crippen molar-refractivity contribution in [1.29, 1.82) is 0 Å². The SMILES string of the molecule is C#CC/C=C\CCC. The van der Waals surface area contributed by atoms with E-state index in [1.807, 2.05) is 6.08 Å². The van der Waals surface area contributed by atoms with Crippen LogP contribution in [-0.2, 0) is 0 Å². The molecule has 0 aliphatic heterocycles. The summed E-state index contributed by atoms with van der Waals surface area (Å²) >= 11 is 0. The summed E-state index contributed by atoms with van der Waals surface area (Å²) in [6, 6.07) is 0. The molecule has 0 N–H and O–H groups in total. The first kappa shape index (κ1) is 7.30. The lowest BCUT2D eigenvalue weighted by Crippen LogP contribution is -1.60. The third-order valence-corrected chi connectivity index (χ3v) is 0.858. The highest BCUT2D eigenvalue weighted by Crippen LogP contribution is 1.88. The molecule has 0 bridgehead atoms. The molecule has 0 nitrogen and oxygen atoms in total. The Hall–Kier alpha value is -0.700. The maximum absolute atomic E-state index is 5.01. The summed E-state index contributed by atoms with van der Waals surface area (Å²) in [5, 5.41) is 0. The molecule has 0 saturated carbocycles. The minimum Gasteiger partial charge on any atom is -0.120 e. The molecule has 0 amide bonds. The van der Waals surface area contributed by atoms with Crippen LogP contribution in [0, 0.1) is 12.3 Å². The van der Waals surface area contributed by atoms with Gasteiger partial charge in [0.25, 0.3) is 0 Å². The fourth-order valence-electron chi connectivity index (χ4n) is 0.436. The zero-order valence-electron chi connectivity index (χ0n) is 5.35. The average Bonchev–Trinajstić information content (AvgIpc) is 1.81. The zero-order chi connectivity index (χ0) is 6.24. The molecule has 0 aromatic carbocycles. The Morgan fingerprint density at radius 3 is 2.75 bits per heavy atom.